The maximum absolute atomic E-state index is 4.33. The van der Waals surface area contributed by atoms with Crippen LogP contribution in [0, 0.1) is 13.8 Å². The summed E-state index contributed by atoms with van der Waals surface area (Å²) in [4.78, 5) is 9.26. The number of hydrogen-bond donors (Lipinski definition) is 0. The van der Waals surface area contributed by atoms with E-state index in [9.17, 15) is 0 Å². The van der Waals surface area contributed by atoms with E-state index < -0.39 is 0 Å². The summed E-state index contributed by atoms with van der Waals surface area (Å²) in [6.45, 7) is 11.2. The predicted molar refractivity (Wildman–Crippen MR) is 65.6 cm³/mol. The number of rotatable bonds is 3. The first kappa shape index (κ1) is 11.6. The van der Waals surface area contributed by atoms with Crippen LogP contribution >= 0.6 is 0 Å². The molecule has 0 unspecified atom stereocenters. The summed E-state index contributed by atoms with van der Waals surface area (Å²) in [7, 11) is 2.20. The van der Waals surface area contributed by atoms with Crippen LogP contribution in [0.15, 0.2) is 6.33 Å². The second-order valence-corrected chi connectivity index (χ2v) is 4.75. The predicted octanol–water partition coefficient (Wildman–Crippen LogP) is 0.747. The average Bonchev–Trinajstić information content (AvgIpc) is 2.60. The highest BCUT2D eigenvalue weighted by Gasteiger charge is 2.13. The molecule has 0 amide bonds. The molecular weight excluding hydrogens is 200 g/mol. The minimum absolute atomic E-state index is 1.07. The highest BCUT2D eigenvalue weighted by molar-refractivity contribution is 5.08. The second-order valence-electron chi connectivity index (χ2n) is 4.75. The normalized spacial score (nSPS) is 19.2. The van der Waals surface area contributed by atoms with Gasteiger partial charge in [-0.2, -0.15) is 0 Å². The van der Waals surface area contributed by atoms with Gasteiger partial charge >= 0.3 is 0 Å². The van der Waals surface area contributed by atoms with Crippen LogP contribution in [0.3, 0.4) is 0 Å². The van der Waals surface area contributed by atoms with Crippen LogP contribution in [0.25, 0.3) is 0 Å². The number of hydrogen-bond acceptors (Lipinski definition) is 3. The number of aryl methyl sites for hydroxylation is 1. The summed E-state index contributed by atoms with van der Waals surface area (Å²) in [5.41, 5.74) is 2.45. The van der Waals surface area contributed by atoms with Crippen LogP contribution in [0.4, 0.5) is 0 Å². The molecule has 1 aromatic heterocycles. The molecule has 90 valence electrons. The van der Waals surface area contributed by atoms with Gasteiger partial charge < -0.3 is 9.47 Å². The van der Waals surface area contributed by atoms with Crippen molar-refractivity contribution in [1.29, 1.82) is 0 Å². The average molecular weight is 222 g/mol. The molecule has 0 aliphatic carbocycles. The van der Waals surface area contributed by atoms with Crippen LogP contribution in [0.1, 0.15) is 11.4 Å². The van der Waals surface area contributed by atoms with E-state index in [1.165, 1.54) is 31.9 Å². The van der Waals surface area contributed by atoms with E-state index in [1.807, 2.05) is 6.33 Å². The summed E-state index contributed by atoms with van der Waals surface area (Å²) in [6, 6.07) is 0. The van der Waals surface area contributed by atoms with Crippen molar-refractivity contribution in [2.45, 2.75) is 20.4 Å². The van der Waals surface area contributed by atoms with Crippen molar-refractivity contribution in [3.8, 4) is 0 Å². The Morgan fingerprint density at radius 2 is 1.81 bits per heavy atom. The lowest BCUT2D eigenvalue weighted by atomic mass is 10.3. The Bertz CT molecular complexity index is 337. The first-order valence-corrected chi connectivity index (χ1v) is 6.06. The Labute approximate surface area is 97.9 Å². The summed E-state index contributed by atoms with van der Waals surface area (Å²) in [5, 5.41) is 0. The van der Waals surface area contributed by atoms with Crippen molar-refractivity contribution >= 4 is 0 Å². The molecule has 2 heterocycles. The van der Waals surface area contributed by atoms with Gasteiger partial charge in [-0.3, -0.25) is 4.90 Å². The molecule has 0 spiro atoms. The third-order valence-electron chi connectivity index (χ3n) is 3.60. The maximum Gasteiger partial charge on any atom is 0.0951 e. The molecule has 1 aliphatic heterocycles. The van der Waals surface area contributed by atoms with Crippen LogP contribution in [0.2, 0.25) is 0 Å². The molecule has 1 fully saturated rings. The number of likely N-dealkylation sites (N-methyl/N-ethyl adjacent to an activating group) is 1. The van der Waals surface area contributed by atoms with Crippen molar-refractivity contribution in [2.24, 2.45) is 0 Å². The molecule has 0 saturated carbocycles. The molecule has 1 aliphatic rings. The van der Waals surface area contributed by atoms with Crippen molar-refractivity contribution in [2.75, 3.05) is 39.8 Å². The molecule has 16 heavy (non-hydrogen) atoms. The van der Waals surface area contributed by atoms with Gasteiger partial charge in [-0.25, -0.2) is 4.98 Å². The van der Waals surface area contributed by atoms with Gasteiger partial charge in [-0.15, -0.1) is 0 Å². The Morgan fingerprint density at radius 1 is 1.12 bits per heavy atom. The first-order chi connectivity index (χ1) is 7.66. The minimum atomic E-state index is 1.07. The molecule has 0 radical (unpaired) electrons. The van der Waals surface area contributed by atoms with E-state index in [2.05, 4.69) is 40.2 Å². The zero-order chi connectivity index (χ0) is 11.5. The van der Waals surface area contributed by atoms with E-state index in [1.54, 1.807) is 0 Å². The Balaban J connectivity index is 1.81. The third kappa shape index (κ3) is 2.62. The zero-order valence-corrected chi connectivity index (χ0v) is 10.6. The van der Waals surface area contributed by atoms with Crippen molar-refractivity contribution in [1.82, 2.24) is 19.4 Å². The van der Waals surface area contributed by atoms with Gasteiger partial charge in [0.15, 0.2) is 0 Å². The molecule has 0 aromatic carbocycles. The molecule has 4 nitrogen and oxygen atoms in total. The molecule has 1 aromatic rings. The van der Waals surface area contributed by atoms with Gasteiger partial charge in [0, 0.05) is 45.0 Å². The smallest absolute Gasteiger partial charge is 0.0951 e. The highest BCUT2D eigenvalue weighted by Crippen LogP contribution is 2.05. The SMILES string of the molecule is Cc1ncn(CCN2CCN(C)CC2)c1C. The number of imidazole rings is 1. The van der Waals surface area contributed by atoms with E-state index in [0.717, 1.165) is 18.8 Å². The summed E-state index contributed by atoms with van der Waals surface area (Å²) in [6.07, 6.45) is 1.96. The second kappa shape index (κ2) is 4.97. The topological polar surface area (TPSA) is 24.3 Å². The van der Waals surface area contributed by atoms with Gasteiger partial charge in [0.25, 0.3) is 0 Å². The number of aromatic nitrogens is 2. The number of nitrogens with zero attached hydrogens (tertiary/aromatic N) is 4. The fourth-order valence-corrected chi connectivity index (χ4v) is 2.09. The molecule has 2 rings (SSSR count). The van der Waals surface area contributed by atoms with Crippen LogP contribution in [-0.4, -0.2) is 59.1 Å². The lowest BCUT2D eigenvalue weighted by Crippen LogP contribution is -2.45. The largest absolute Gasteiger partial charge is 0.333 e. The Kier molecular flexibility index (Phi) is 3.61. The monoisotopic (exact) mass is 222 g/mol. The third-order valence-corrected chi connectivity index (χ3v) is 3.60. The fourth-order valence-electron chi connectivity index (χ4n) is 2.09. The lowest BCUT2D eigenvalue weighted by molar-refractivity contribution is 0.150. The molecule has 4 heteroatoms. The van der Waals surface area contributed by atoms with E-state index in [4.69, 9.17) is 0 Å². The van der Waals surface area contributed by atoms with Crippen molar-refractivity contribution < 1.29 is 0 Å². The van der Waals surface area contributed by atoms with E-state index in [0.29, 0.717) is 0 Å². The maximum atomic E-state index is 4.33. The highest BCUT2D eigenvalue weighted by atomic mass is 15.3. The Hall–Kier alpha value is -0.870. The Morgan fingerprint density at radius 3 is 2.38 bits per heavy atom. The standard InChI is InChI=1S/C12H22N4/c1-11-12(2)16(10-13-11)9-8-15-6-4-14(3)5-7-15/h10H,4-9H2,1-3H3. The zero-order valence-electron chi connectivity index (χ0n) is 10.6. The number of piperazine rings is 1. The van der Waals surface area contributed by atoms with Crippen LogP contribution < -0.4 is 0 Å². The van der Waals surface area contributed by atoms with Crippen LogP contribution in [0.5, 0.6) is 0 Å². The van der Waals surface area contributed by atoms with Crippen molar-refractivity contribution in [3.63, 3.8) is 0 Å². The molecule has 0 N–H and O–H groups in total. The van der Waals surface area contributed by atoms with Crippen LogP contribution in [-0.2, 0) is 6.54 Å². The van der Waals surface area contributed by atoms with Gasteiger partial charge in [-0.05, 0) is 20.9 Å². The van der Waals surface area contributed by atoms with E-state index in [-0.39, 0.29) is 0 Å². The summed E-state index contributed by atoms with van der Waals surface area (Å²) >= 11 is 0. The lowest BCUT2D eigenvalue weighted by Gasteiger charge is -2.32. The minimum Gasteiger partial charge on any atom is -0.333 e. The fraction of sp³-hybridized carbons (Fsp3) is 0.750. The summed E-state index contributed by atoms with van der Waals surface area (Å²) in [5.74, 6) is 0. The van der Waals surface area contributed by atoms with Gasteiger partial charge in [-0.1, -0.05) is 0 Å². The van der Waals surface area contributed by atoms with Gasteiger partial charge in [0.2, 0.25) is 0 Å². The molecule has 0 atom stereocenters. The van der Waals surface area contributed by atoms with Gasteiger partial charge in [0.1, 0.15) is 0 Å². The molecule has 0 bridgehead atoms. The molecular formula is C12H22N4. The van der Waals surface area contributed by atoms with Gasteiger partial charge in [0.05, 0.1) is 12.0 Å². The summed E-state index contributed by atoms with van der Waals surface area (Å²) < 4.78 is 2.26. The van der Waals surface area contributed by atoms with E-state index >= 15 is 0 Å². The van der Waals surface area contributed by atoms with Crippen molar-refractivity contribution in [3.05, 3.63) is 17.7 Å². The molecule has 1 saturated heterocycles. The first-order valence-electron chi connectivity index (χ1n) is 6.06. The quantitative estimate of drug-likeness (QED) is 0.754.